The third-order valence-corrected chi connectivity index (χ3v) is 2.75. The van der Waals surface area contributed by atoms with Crippen LogP contribution in [0.3, 0.4) is 0 Å². The Morgan fingerprint density at radius 2 is 2.25 bits per heavy atom. The summed E-state index contributed by atoms with van der Waals surface area (Å²) in [5, 5.41) is 0.136. The van der Waals surface area contributed by atoms with E-state index in [0.717, 1.165) is 11.5 Å². The van der Waals surface area contributed by atoms with Gasteiger partial charge in [0.2, 0.25) is 0 Å². The van der Waals surface area contributed by atoms with Crippen molar-refractivity contribution in [2.45, 2.75) is 0 Å². The zero-order valence-electron chi connectivity index (χ0n) is 5.73. The SMILES string of the molecule is O=c1[nH]sc2ccc(F)c(Cl)c12. The quantitative estimate of drug-likeness (QED) is 0.701. The third kappa shape index (κ3) is 0.956. The van der Waals surface area contributed by atoms with Crippen molar-refractivity contribution in [3.8, 4) is 0 Å². The van der Waals surface area contributed by atoms with Crippen LogP contribution in [0.25, 0.3) is 10.1 Å². The molecule has 0 aliphatic rings. The number of aromatic amines is 1. The number of aromatic nitrogens is 1. The number of hydrogen-bond donors (Lipinski definition) is 1. The minimum atomic E-state index is -0.562. The largest absolute Gasteiger partial charge is 0.277 e. The summed E-state index contributed by atoms with van der Waals surface area (Å²) in [6.45, 7) is 0. The lowest BCUT2D eigenvalue weighted by atomic mass is 10.3. The van der Waals surface area contributed by atoms with E-state index >= 15 is 0 Å². The Hall–Kier alpha value is -0.870. The maximum Gasteiger partial charge on any atom is 0.267 e. The summed E-state index contributed by atoms with van der Waals surface area (Å²) in [6, 6.07) is 2.77. The molecule has 0 saturated heterocycles. The van der Waals surface area contributed by atoms with Gasteiger partial charge in [0.1, 0.15) is 5.82 Å². The van der Waals surface area contributed by atoms with Crippen LogP contribution in [-0.2, 0) is 0 Å². The second kappa shape index (κ2) is 2.57. The highest BCUT2D eigenvalue weighted by Crippen LogP contribution is 2.25. The molecular formula is C7H3ClFNOS. The fraction of sp³-hybridized carbons (Fsp3) is 0. The van der Waals surface area contributed by atoms with E-state index in [2.05, 4.69) is 4.37 Å². The first-order valence-electron chi connectivity index (χ1n) is 3.15. The standard InChI is InChI=1S/C7H3ClFNOS/c8-6-3(9)1-2-4-5(6)7(11)10-12-4/h1-2H,(H,10,11). The highest BCUT2D eigenvalue weighted by atomic mass is 35.5. The van der Waals surface area contributed by atoms with Crippen LogP contribution in [0.4, 0.5) is 4.39 Å². The average molecular weight is 204 g/mol. The normalized spacial score (nSPS) is 10.8. The van der Waals surface area contributed by atoms with Gasteiger partial charge >= 0.3 is 0 Å². The molecule has 0 radical (unpaired) electrons. The van der Waals surface area contributed by atoms with Crippen molar-refractivity contribution in [3.63, 3.8) is 0 Å². The number of fused-ring (bicyclic) bond motifs is 1. The molecule has 2 nitrogen and oxygen atoms in total. The van der Waals surface area contributed by atoms with E-state index in [0.29, 0.717) is 4.70 Å². The van der Waals surface area contributed by atoms with Gasteiger partial charge < -0.3 is 0 Å². The maximum absolute atomic E-state index is 12.8. The Bertz CT molecular complexity index is 490. The Labute approximate surface area is 75.7 Å². The average Bonchev–Trinajstić information content (AvgIpc) is 2.41. The number of rotatable bonds is 0. The Morgan fingerprint density at radius 3 is 3.00 bits per heavy atom. The Morgan fingerprint density at radius 1 is 1.50 bits per heavy atom. The minimum absolute atomic E-state index is 0.102. The molecule has 1 N–H and O–H groups in total. The van der Waals surface area contributed by atoms with Crippen LogP contribution < -0.4 is 5.56 Å². The first kappa shape index (κ1) is 7.76. The van der Waals surface area contributed by atoms with Gasteiger partial charge in [0, 0.05) is 0 Å². The fourth-order valence-electron chi connectivity index (χ4n) is 0.982. The van der Waals surface area contributed by atoms with Crippen molar-refractivity contribution in [3.05, 3.63) is 33.3 Å². The molecule has 0 saturated carbocycles. The Kier molecular flexibility index (Phi) is 1.66. The number of halogens is 2. The summed E-state index contributed by atoms with van der Waals surface area (Å²) in [5.74, 6) is -0.562. The lowest BCUT2D eigenvalue weighted by Crippen LogP contribution is -1.97. The molecule has 0 aliphatic carbocycles. The van der Waals surface area contributed by atoms with E-state index in [1.54, 1.807) is 0 Å². The van der Waals surface area contributed by atoms with Crippen LogP contribution in [0.15, 0.2) is 16.9 Å². The molecule has 0 unspecified atom stereocenters. The van der Waals surface area contributed by atoms with Gasteiger partial charge in [0.15, 0.2) is 0 Å². The third-order valence-electron chi connectivity index (χ3n) is 1.54. The minimum Gasteiger partial charge on any atom is -0.277 e. The number of H-pyrrole nitrogens is 1. The molecule has 5 heteroatoms. The van der Waals surface area contributed by atoms with Crippen molar-refractivity contribution in [2.75, 3.05) is 0 Å². The lowest BCUT2D eigenvalue weighted by molar-refractivity contribution is 0.630. The van der Waals surface area contributed by atoms with Gasteiger partial charge in [-0.2, -0.15) is 0 Å². The molecule has 1 aromatic heterocycles. The highest BCUT2D eigenvalue weighted by molar-refractivity contribution is 7.13. The van der Waals surface area contributed by atoms with Crippen LogP contribution in [0.1, 0.15) is 0 Å². The maximum atomic E-state index is 12.8. The van der Waals surface area contributed by atoms with Gasteiger partial charge in [0.05, 0.1) is 15.1 Å². The summed E-state index contributed by atoms with van der Waals surface area (Å²) < 4.78 is 16.0. The van der Waals surface area contributed by atoms with Crippen molar-refractivity contribution < 1.29 is 4.39 Å². The smallest absolute Gasteiger partial charge is 0.267 e. The van der Waals surface area contributed by atoms with E-state index in [1.165, 1.54) is 12.1 Å². The van der Waals surface area contributed by atoms with Crippen molar-refractivity contribution >= 4 is 33.2 Å². The molecule has 2 rings (SSSR count). The summed E-state index contributed by atoms with van der Waals surface area (Å²) in [6.07, 6.45) is 0. The zero-order chi connectivity index (χ0) is 8.72. The van der Waals surface area contributed by atoms with Crippen LogP contribution in [0.2, 0.25) is 5.02 Å². The van der Waals surface area contributed by atoms with Gasteiger partial charge in [-0.1, -0.05) is 23.1 Å². The molecule has 0 aliphatic heterocycles. The number of benzene rings is 1. The molecular weight excluding hydrogens is 201 g/mol. The van der Waals surface area contributed by atoms with Gasteiger partial charge in [-0.3, -0.25) is 9.17 Å². The summed E-state index contributed by atoms with van der Waals surface area (Å²) in [4.78, 5) is 11.1. The van der Waals surface area contributed by atoms with E-state index in [9.17, 15) is 9.18 Å². The first-order valence-corrected chi connectivity index (χ1v) is 4.35. The van der Waals surface area contributed by atoms with Gasteiger partial charge in [-0.15, -0.1) is 0 Å². The predicted molar refractivity (Wildman–Crippen MR) is 47.4 cm³/mol. The predicted octanol–water partition coefficient (Wildman–Crippen LogP) is 2.38. The van der Waals surface area contributed by atoms with Crippen molar-refractivity contribution in [2.24, 2.45) is 0 Å². The molecule has 0 bridgehead atoms. The molecule has 0 fully saturated rings. The molecule has 0 atom stereocenters. The van der Waals surface area contributed by atoms with Gasteiger partial charge in [-0.05, 0) is 12.1 Å². The van der Waals surface area contributed by atoms with Crippen LogP contribution in [0.5, 0.6) is 0 Å². The molecule has 0 spiro atoms. The molecule has 2 aromatic rings. The number of nitrogens with one attached hydrogen (secondary N) is 1. The summed E-state index contributed by atoms with van der Waals surface area (Å²) >= 11 is 6.73. The van der Waals surface area contributed by atoms with Crippen LogP contribution >= 0.6 is 23.1 Å². The summed E-state index contributed by atoms with van der Waals surface area (Å²) in [5.41, 5.74) is -0.334. The monoisotopic (exact) mass is 203 g/mol. The summed E-state index contributed by atoms with van der Waals surface area (Å²) in [7, 11) is 0. The fourth-order valence-corrected chi connectivity index (χ4v) is 2.03. The zero-order valence-corrected chi connectivity index (χ0v) is 7.30. The van der Waals surface area contributed by atoms with E-state index in [4.69, 9.17) is 11.6 Å². The van der Waals surface area contributed by atoms with Gasteiger partial charge in [-0.25, -0.2) is 4.39 Å². The number of hydrogen-bond acceptors (Lipinski definition) is 2. The van der Waals surface area contributed by atoms with Crippen LogP contribution in [0, 0.1) is 5.82 Å². The lowest BCUT2D eigenvalue weighted by Gasteiger charge is -1.92. The molecule has 12 heavy (non-hydrogen) atoms. The van der Waals surface area contributed by atoms with Gasteiger partial charge in [0.25, 0.3) is 5.56 Å². The van der Waals surface area contributed by atoms with Crippen molar-refractivity contribution in [1.29, 1.82) is 0 Å². The first-order chi connectivity index (χ1) is 5.70. The molecule has 62 valence electrons. The second-order valence-electron chi connectivity index (χ2n) is 2.27. The molecule has 1 heterocycles. The van der Waals surface area contributed by atoms with Crippen molar-refractivity contribution in [1.82, 2.24) is 4.37 Å². The second-order valence-corrected chi connectivity index (χ2v) is 3.49. The Balaban J connectivity index is 3.06. The van der Waals surface area contributed by atoms with E-state index in [-0.39, 0.29) is 16.0 Å². The highest BCUT2D eigenvalue weighted by Gasteiger charge is 2.09. The topological polar surface area (TPSA) is 32.9 Å². The molecule has 0 amide bonds. The van der Waals surface area contributed by atoms with E-state index in [1.807, 2.05) is 0 Å². The van der Waals surface area contributed by atoms with E-state index < -0.39 is 5.82 Å². The van der Waals surface area contributed by atoms with Crippen LogP contribution in [-0.4, -0.2) is 4.37 Å². The molecule has 1 aromatic carbocycles.